The van der Waals surface area contributed by atoms with Crippen LogP contribution in [0.3, 0.4) is 0 Å². The fraction of sp³-hybridized carbons (Fsp3) is 0.429. The third kappa shape index (κ3) is 4.93. The Labute approximate surface area is 115 Å². The van der Waals surface area contributed by atoms with Crippen molar-refractivity contribution in [3.05, 3.63) is 29.8 Å². The minimum absolute atomic E-state index is 0.197. The molecule has 1 aromatic rings. The molecule has 0 spiro atoms. The zero-order valence-electron chi connectivity index (χ0n) is 11.4. The zero-order chi connectivity index (χ0) is 14.3. The molecule has 1 aromatic carbocycles. The summed E-state index contributed by atoms with van der Waals surface area (Å²) in [6.07, 6.45) is 2.41. The molecule has 4 nitrogen and oxygen atoms in total. The Kier molecular flexibility index (Phi) is 5.87. The third-order valence-corrected chi connectivity index (χ3v) is 4.00. The predicted octanol–water partition coefficient (Wildman–Crippen LogP) is 2.09. The van der Waals surface area contributed by atoms with Crippen molar-refractivity contribution in [3.8, 4) is 12.0 Å². The van der Waals surface area contributed by atoms with E-state index in [2.05, 4.69) is 30.6 Å². The predicted molar refractivity (Wildman–Crippen MR) is 75.1 cm³/mol. The zero-order valence-corrected chi connectivity index (χ0v) is 12.3. The molecule has 0 saturated heterocycles. The van der Waals surface area contributed by atoms with E-state index in [4.69, 9.17) is 4.74 Å². The van der Waals surface area contributed by atoms with Gasteiger partial charge in [-0.05, 0) is 23.6 Å². The van der Waals surface area contributed by atoms with Crippen molar-refractivity contribution < 1.29 is 13.2 Å². The number of ether oxygens (including phenoxy) is 1. The maximum atomic E-state index is 11.9. The molecule has 0 aliphatic rings. The van der Waals surface area contributed by atoms with E-state index in [1.54, 1.807) is 19.1 Å². The molecule has 1 rings (SSSR count). The minimum atomic E-state index is -3.47. The summed E-state index contributed by atoms with van der Waals surface area (Å²) in [5, 5.41) is 0. The van der Waals surface area contributed by atoms with E-state index in [9.17, 15) is 8.42 Å². The topological polar surface area (TPSA) is 55.4 Å². The number of rotatable bonds is 6. The van der Waals surface area contributed by atoms with E-state index in [0.29, 0.717) is 5.92 Å². The molecule has 0 fully saturated rings. The van der Waals surface area contributed by atoms with E-state index >= 15 is 0 Å². The van der Waals surface area contributed by atoms with Crippen LogP contribution in [-0.2, 0) is 14.8 Å². The van der Waals surface area contributed by atoms with E-state index in [1.165, 1.54) is 0 Å². The Morgan fingerprint density at radius 1 is 1.26 bits per heavy atom. The van der Waals surface area contributed by atoms with Crippen LogP contribution in [0.25, 0.3) is 0 Å². The Hall–Kier alpha value is -1.51. The molecule has 0 aliphatic carbocycles. The first-order valence-corrected chi connectivity index (χ1v) is 7.59. The molecule has 0 aliphatic heterocycles. The highest BCUT2D eigenvalue weighted by molar-refractivity contribution is 7.89. The van der Waals surface area contributed by atoms with Crippen molar-refractivity contribution in [1.29, 1.82) is 0 Å². The molecule has 104 valence electrons. The molecule has 0 unspecified atom stereocenters. The lowest BCUT2D eigenvalue weighted by Crippen LogP contribution is -2.27. The summed E-state index contributed by atoms with van der Waals surface area (Å²) in [5.41, 5.74) is 1.11. The van der Waals surface area contributed by atoms with Gasteiger partial charge in [0, 0.05) is 13.5 Å². The van der Waals surface area contributed by atoms with Crippen LogP contribution in [0, 0.1) is 12.0 Å². The van der Waals surface area contributed by atoms with Crippen molar-refractivity contribution >= 4 is 10.0 Å². The quantitative estimate of drug-likeness (QED) is 0.641. The number of nitrogens with one attached hydrogen (secondary N) is 1. The molecular formula is C14H19NO3S. The van der Waals surface area contributed by atoms with Crippen LogP contribution in [0.1, 0.15) is 32.3 Å². The maximum Gasteiger partial charge on any atom is 0.240 e. The first-order valence-electron chi connectivity index (χ1n) is 6.10. The van der Waals surface area contributed by atoms with Gasteiger partial charge < -0.3 is 4.74 Å². The van der Waals surface area contributed by atoms with Crippen LogP contribution in [0.4, 0.5) is 0 Å². The highest BCUT2D eigenvalue weighted by atomic mass is 32.2. The summed E-state index contributed by atoms with van der Waals surface area (Å²) in [6, 6.07) is 6.89. The van der Waals surface area contributed by atoms with Crippen LogP contribution < -0.4 is 4.72 Å². The fourth-order valence-electron chi connectivity index (χ4n) is 1.47. The third-order valence-electron chi connectivity index (χ3n) is 2.53. The summed E-state index contributed by atoms with van der Waals surface area (Å²) >= 11 is 0. The van der Waals surface area contributed by atoms with Crippen molar-refractivity contribution in [1.82, 2.24) is 4.72 Å². The van der Waals surface area contributed by atoms with Gasteiger partial charge in [-0.1, -0.05) is 31.9 Å². The van der Waals surface area contributed by atoms with Crippen molar-refractivity contribution in [2.45, 2.75) is 31.6 Å². The van der Waals surface area contributed by atoms with Crippen molar-refractivity contribution in [2.24, 2.45) is 0 Å². The largest absolute Gasteiger partial charge is 0.445 e. The Morgan fingerprint density at radius 2 is 1.89 bits per heavy atom. The highest BCUT2D eigenvalue weighted by Gasteiger charge is 2.13. The molecule has 0 atom stereocenters. The second-order valence-corrected chi connectivity index (χ2v) is 6.09. The van der Waals surface area contributed by atoms with Gasteiger partial charge in [-0.3, -0.25) is 0 Å². The average molecular weight is 281 g/mol. The minimum Gasteiger partial charge on any atom is -0.445 e. The van der Waals surface area contributed by atoms with Crippen molar-refractivity contribution in [3.63, 3.8) is 0 Å². The van der Waals surface area contributed by atoms with Gasteiger partial charge in [0.25, 0.3) is 0 Å². The Morgan fingerprint density at radius 3 is 2.42 bits per heavy atom. The fourth-order valence-corrected chi connectivity index (χ4v) is 2.48. The van der Waals surface area contributed by atoms with Crippen molar-refractivity contribution in [2.75, 3.05) is 13.2 Å². The number of sulfonamides is 1. The molecule has 0 bridgehead atoms. The van der Waals surface area contributed by atoms with Crippen LogP contribution in [-0.4, -0.2) is 21.6 Å². The lowest BCUT2D eigenvalue weighted by atomic mass is 10.0. The smallest absolute Gasteiger partial charge is 0.240 e. The van der Waals surface area contributed by atoms with E-state index in [1.807, 2.05) is 12.1 Å². The van der Waals surface area contributed by atoms with E-state index in [-0.39, 0.29) is 18.0 Å². The number of hydrogen-bond donors (Lipinski definition) is 1. The van der Waals surface area contributed by atoms with Gasteiger partial charge in [-0.25, -0.2) is 13.1 Å². The molecule has 0 amide bonds. The summed E-state index contributed by atoms with van der Waals surface area (Å²) in [6.45, 7) is 6.20. The first-order chi connectivity index (χ1) is 8.97. The summed E-state index contributed by atoms with van der Waals surface area (Å²) in [5.74, 6) is 2.94. The molecule has 0 aromatic heterocycles. The monoisotopic (exact) mass is 281 g/mol. The molecule has 19 heavy (non-hydrogen) atoms. The van der Waals surface area contributed by atoms with Gasteiger partial charge in [0.2, 0.25) is 10.0 Å². The Bertz CT molecular complexity index is 551. The second-order valence-electron chi connectivity index (χ2n) is 4.32. The summed E-state index contributed by atoms with van der Waals surface area (Å²) in [4.78, 5) is 0.262. The molecule has 5 heteroatoms. The van der Waals surface area contributed by atoms with Gasteiger partial charge in [-0.2, -0.15) is 0 Å². The first kappa shape index (κ1) is 15.5. The van der Waals surface area contributed by atoms with E-state index < -0.39 is 10.0 Å². The summed E-state index contributed by atoms with van der Waals surface area (Å²) in [7, 11) is -3.47. The maximum absolute atomic E-state index is 11.9. The van der Waals surface area contributed by atoms with E-state index in [0.717, 1.165) is 5.56 Å². The normalized spacial score (nSPS) is 10.9. The lowest BCUT2D eigenvalue weighted by Gasteiger charge is -2.08. The SMILES string of the molecule is CC#COCCNS(=O)(=O)c1ccc(C(C)C)cc1. The van der Waals surface area contributed by atoms with Crippen LogP contribution in [0.5, 0.6) is 0 Å². The van der Waals surface area contributed by atoms with Crippen LogP contribution in [0.15, 0.2) is 29.2 Å². The number of hydrogen-bond acceptors (Lipinski definition) is 3. The summed E-state index contributed by atoms with van der Waals surface area (Å²) < 4.78 is 31.2. The van der Waals surface area contributed by atoms with Crippen LogP contribution >= 0.6 is 0 Å². The van der Waals surface area contributed by atoms with Gasteiger partial charge in [0.05, 0.1) is 4.90 Å². The molecule has 0 radical (unpaired) electrons. The van der Waals surface area contributed by atoms with Gasteiger partial charge in [0.15, 0.2) is 0 Å². The molecular weight excluding hydrogens is 262 g/mol. The van der Waals surface area contributed by atoms with Gasteiger partial charge in [-0.15, -0.1) is 0 Å². The molecule has 1 N–H and O–H groups in total. The lowest BCUT2D eigenvalue weighted by molar-refractivity contribution is 0.283. The second kappa shape index (κ2) is 7.17. The van der Waals surface area contributed by atoms with Gasteiger partial charge in [0.1, 0.15) is 12.7 Å². The number of benzene rings is 1. The average Bonchev–Trinajstić information content (AvgIpc) is 2.38. The molecule has 0 heterocycles. The van der Waals surface area contributed by atoms with Gasteiger partial charge >= 0.3 is 0 Å². The standard InChI is InChI=1S/C14H19NO3S/c1-4-10-18-11-9-15-19(16,17)14-7-5-13(6-8-14)12(2)3/h5-8,12,15H,9,11H2,1-3H3. The Balaban J connectivity index is 2.63. The van der Waals surface area contributed by atoms with Crippen LogP contribution in [0.2, 0.25) is 0 Å². The molecule has 0 saturated carbocycles. The highest BCUT2D eigenvalue weighted by Crippen LogP contribution is 2.16.